The summed E-state index contributed by atoms with van der Waals surface area (Å²) in [6.45, 7) is 7.68. The van der Waals surface area contributed by atoms with Gasteiger partial charge in [-0.15, -0.1) is 12.4 Å². The smallest absolute Gasteiger partial charge is 0.263 e. The van der Waals surface area contributed by atoms with Crippen LogP contribution in [-0.4, -0.2) is 43.1 Å². The van der Waals surface area contributed by atoms with Gasteiger partial charge in [0.05, 0.1) is 4.47 Å². The Kier molecular flexibility index (Phi) is 8.95. The summed E-state index contributed by atoms with van der Waals surface area (Å²) in [4.78, 5) is 14.4. The minimum absolute atomic E-state index is 0. The third-order valence-corrected chi connectivity index (χ3v) is 4.75. The molecule has 23 heavy (non-hydrogen) atoms. The number of nitrogens with zero attached hydrogens (tertiary/aromatic N) is 1. The highest BCUT2D eigenvalue weighted by molar-refractivity contribution is 9.10. The molecular formula is C17H26BrClN2O2. The zero-order valence-electron chi connectivity index (χ0n) is 13.8. The Balaban J connectivity index is 0.00000264. The molecule has 6 heteroatoms. The number of ether oxygens (including phenoxy) is 1. The molecule has 0 aromatic heterocycles. The SMILES string of the molecule is CCNCC1CCN(C(=O)C(C)Oc2ccccc2Br)CC1.Cl. The number of amides is 1. The van der Waals surface area contributed by atoms with Crippen LogP contribution in [-0.2, 0) is 4.79 Å². The van der Waals surface area contributed by atoms with Crippen molar-refractivity contribution in [2.24, 2.45) is 5.92 Å². The first kappa shape index (κ1) is 20.3. The molecule has 1 heterocycles. The summed E-state index contributed by atoms with van der Waals surface area (Å²) < 4.78 is 6.68. The summed E-state index contributed by atoms with van der Waals surface area (Å²) in [7, 11) is 0. The zero-order chi connectivity index (χ0) is 15.9. The topological polar surface area (TPSA) is 41.6 Å². The highest BCUT2D eigenvalue weighted by Gasteiger charge is 2.27. The third kappa shape index (κ3) is 5.98. The normalized spacial score (nSPS) is 16.6. The zero-order valence-corrected chi connectivity index (χ0v) is 16.2. The number of para-hydroxylation sites is 1. The molecule has 1 amide bonds. The molecule has 0 aliphatic carbocycles. The molecule has 1 unspecified atom stereocenters. The quantitative estimate of drug-likeness (QED) is 0.788. The van der Waals surface area contributed by atoms with Crippen molar-refractivity contribution in [1.82, 2.24) is 10.2 Å². The molecule has 1 aromatic rings. The minimum atomic E-state index is -0.455. The van der Waals surface area contributed by atoms with Crippen molar-refractivity contribution in [1.29, 1.82) is 0 Å². The van der Waals surface area contributed by atoms with Crippen LogP contribution >= 0.6 is 28.3 Å². The largest absolute Gasteiger partial charge is 0.480 e. The van der Waals surface area contributed by atoms with Gasteiger partial charge in [0, 0.05) is 13.1 Å². The van der Waals surface area contributed by atoms with E-state index in [9.17, 15) is 4.79 Å². The second kappa shape index (κ2) is 10.2. The van der Waals surface area contributed by atoms with Crippen LogP contribution in [0.4, 0.5) is 0 Å². The number of piperidine rings is 1. The summed E-state index contributed by atoms with van der Waals surface area (Å²) in [6, 6.07) is 7.62. The molecule has 1 aromatic carbocycles. The lowest BCUT2D eigenvalue weighted by atomic mass is 9.96. The van der Waals surface area contributed by atoms with Crippen molar-refractivity contribution < 1.29 is 9.53 Å². The molecule has 1 aliphatic heterocycles. The molecule has 0 bridgehead atoms. The van der Waals surface area contributed by atoms with E-state index in [4.69, 9.17) is 4.74 Å². The van der Waals surface area contributed by atoms with Gasteiger partial charge in [0.25, 0.3) is 5.91 Å². The Labute approximate surface area is 153 Å². The molecule has 1 N–H and O–H groups in total. The molecule has 130 valence electrons. The predicted molar refractivity (Wildman–Crippen MR) is 99.3 cm³/mol. The molecule has 1 aliphatic rings. The van der Waals surface area contributed by atoms with Gasteiger partial charge >= 0.3 is 0 Å². The number of likely N-dealkylation sites (tertiary alicyclic amines) is 1. The van der Waals surface area contributed by atoms with Gasteiger partial charge < -0.3 is 15.0 Å². The Hall–Kier alpha value is -0.780. The van der Waals surface area contributed by atoms with E-state index in [1.54, 1.807) is 0 Å². The van der Waals surface area contributed by atoms with Gasteiger partial charge in [-0.2, -0.15) is 0 Å². The van der Waals surface area contributed by atoms with Crippen LogP contribution in [0.25, 0.3) is 0 Å². The first-order chi connectivity index (χ1) is 10.6. The molecule has 1 saturated heterocycles. The molecule has 1 atom stereocenters. The van der Waals surface area contributed by atoms with Crippen LogP contribution in [0.15, 0.2) is 28.7 Å². The number of nitrogens with one attached hydrogen (secondary N) is 1. The van der Waals surface area contributed by atoms with E-state index in [-0.39, 0.29) is 18.3 Å². The maximum Gasteiger partial charge on any atom is 0.263 e. The summed E-state index contributed by atoms with van der Waals surface area (Å²) in [5, 5.41) is 3.39. The third-order valence-electron chi connectivity index (χ3n) is 4.10. The molecule has 4 nitrogen and oxygen atoms in total. The van der Waals surface area contributed by atoms with E-state index >= 15 is 0 Å². The van der Waals surface area contributed by atoms with Crippen molar-refractivity contribution in [3.63, 3.8) is 0 Å². The fourth-order valence-electron chi connectivity index (χ4n) is 2.74. The number of hydrogen-bond acceptors (Lipinski definition) is 3. The van der Waals surface area contributed by atoms with E-state index in [1.165, 1.54) is 0 Å². The standard InChI is InChI=1S/C17H25BrN2O2.ClH/c1-3-19-12-14-8-10-20(11-9-14)17(21)13(2)22-16-7-5-4-6-15(16)18;/h4-7,13-14,19H,3,8-12H2,1-2H3;1H. The van der Waals surface area contributed by atoms with Crippen LogP contribution in [0.2, 0.25) is 0 Å². The van der Waals surface area contributed by atoms with Crippen molar-refractivity contribution >= 4 is 34.2 Å². The fourth-order valence-corrected chi connectivity index (χ4v) is 3.12. The van der Waals surface area contributed by atoms with Crippen molar-refractivity contribution in [2.75, 3.05) is 26.2 Å². The Bertz CT molecular complexity index is 493. The fraction of sp³-hybridized carbons (Fsp3) is 0.588. The minimum Gasteiger partial charge on any atom is -0.480 e. The molecule has 0 saturated carbocycles. The van der Waals surface area contributed by atoms with Crippen LogP contribution in [0.5, 0.6) is 5.75 Å². The average Bonchev–Trinajstić information content (AvgIpc) is 2.55. The molecule has 0 radical (unpaired) electrons. The second-order valence-corrected chi connectivity index (χ2v) is 6.62. The second-order valence-electron chi connectivity index (χ2n) is 5.77. The van der Waals surface area contributed by atoms with Crippen molar-refractivity contribution in [3.05, 3.63) is 28.7 Å². The summed E-state index contributed by atoms with van der Waals surface area (Å²) in [5.41, 5.74) is 0. The van der Waals surface area contributed by atoms with Gasteiger partial charge in [-0.05, 0) is 66.8 Å². The molecule has 0 spiro atoms. The molecule has 1 fully saturated rings. The summed E-state index contributed by atoms with van der Waals surface area (Å²) in [5.74, 6) is 1.48. The summed E-state index contributed by atoms with van der Waals surface area (Å²) in [6.07, 6.45) is 1.69. The molecule has 2 rings (SSSR count). The van der Waals surface area contributed by atoms with E-state index in [0.717, 1.165) is 43.5 Å². The first-order valence-corrected chi connectivity index (χ1v) is 8.81. The molecular weight excluding hydrogens is 380 g/mol. The van der Waals surface area contributed by atoms with Gasteiger partial charge in [-0.3, -0.25) is 4.79 Å². The van der Waals surface area contributed by atoms with Crippen LogP contribution in [0, 0.1) is 5.92 Å². The Morgan fingerprint density at radius 2 is 2.04 bits per heavy atom. The van der Waals surface area contributed by atoms with E-state index < -0.39 is 6.10 Å². The van der Waals surface area contributed by atoms with Crippen LogP contribution in [0.1, 0.15) is 26.7 Å². The first-order valence-electron chi connectivity index (χ1n) is 8.02. The predicted octanol–water partition coefficient (Wildman–Crippen LogP) is 3.49. The highest BCUT2D eigenvalue weighted by atomic mass is 79.9. The Morgan fingerprint density at radius 3 is 2.65 bits per heavy atom. The van der Waals surface area contributed by atoms with Gasteiger partial charge in [-0.25, -0.2) is 0 Å². The average molecular weight is 406 g/mol. The van der Waals surface area contributed by atoms with Crippen molar-refractivity contribution in [3.8, 4) is 5.75 Å². The van der Waals surface area contributed by atoms with Gasteiger partial charge in [0.1, 0.15) is 5.75 Å². The van der Waals surface area contributed by atoms with Crippen molar-refractivity contribution in [2.45, 2.75) is 32.8 Å². The summed E-state index contributed by atoms with van der Waals surface area (Å²) >= 11 is 3.44. The monoisotopic (exact) mass is 404 g/mol. The van der Waals surface area contributed by atoms with Gasteiger partial charge in [0.2, 0.25) is 0 Å². The van der Waals surface area contributed by atoms with E-state index in [0.29, 0.717) is 11.7 Å². The highest BCUT2D eigenvalue weighted by Crippen LogP contribution is 2.25. The number of halogens is 2. The lowest BCUT2D eigenvalue weighted by molar-refractivity contribution is -0.139. The van der Waals surface area contributed by atoms with E-state index in [1.807, 2.05) is 36.1 Å². The Morgan fingerprint density at radius 1 is 1.39 bits per heavy atom. The number of carbonyl (C=O) groups is 1. The van der Waals surface area contributed by atoms with Gasteiger partial charge in [-0.1, -0.05) is 19.1 Å². The van der Waals surface area contributed by atoms with Crippen LogP contribution < -0.4 is 10.1 Å². The maximum atomic E-state index is 12.5. The maximum absolute atomic E-state index is 12.5. The number of benzene rings is 1. The van der Waals surface area contributed by atoms with Gasteiger partial charge in [0.15, 0.2) is 6.10 Å². The number of rotatable bonds is 6. The lowest BCUT2D eigenvalue weighted by Gasteiger charge is -2.33. The van der Waals surface area contributed by atoms with Crippen LogP contribution in [0.3, 0.4) is 0 Å². The lowest BCUT2D eigenvalue weighted by Crippen LogP contribution is -2.45. The number of carbonyl (C=O) groups excluding carboxylic acids is 1. The van der Waals surface area contributed by atoms with E-state index in [2.05, 4.69) is 28.2 Å². The number of hydrogen-bond donors (Lipinski definition) is 1.